The Balaban J connectivity index is 1.97. The number of nitrogens with zero attached hydrogens (tertiary/aromatic N) is 2. The third kappa shape index (κ3) is 3.44. The van der Waals surface area contributed by atoms with Crippen LogP contribution in [0.2, 0.25) is 0 Å². The smallest absolute Gasteiger partial charge is 0.274 e. The predicted molar refractivity (Wildman–Crippen MR) is 103 cm³/mol. The Bertz CT molecular complexity index is 1000. The molecule has 134 valence electrons. The molecular formula is C20H22N4O2. The SMILES string of the molecule is CCc1ccc(NC(C)=O)cc1NC(=O)c1c(C)nc2cc(C)ccn12. The summed E-state index contributed by atoms with van der Waals surface area (Å²) in [5.41, 5.74) is 5.34. The minimum absolute atomic E-state index is 0.153. The number of amides is 2. The summed E-state index contributed by atoms with van der Waals surface area (Å²) >= 11 is 0. The van der Waals surface area contributed by atoms with Gasteiger partial charge >= 0.3 is 0 Å². The Morgan fingerprint density at radius 3 is 2.58 bits per heavy atom. The van der Waals surface area contributed by atoms with Crippen molar-refractivity contribution in [2.24, 2.45) is 0 Å². The zero-order chi connectivity index (χ0) is 18.8. The number of nitrogens with one attached hydrogen (secondary N) is 2. The number of carbonyl (C=O) groups is 2. The Hall–Kier alpha value is -3.15. The van der Waals surface area contributed by atoms with Crippen LogP contribution < -0.4 is 10.6 Å². The summed E-state index contributed by atoms with van der Waals surface area (Å²) in [4.78, 5) is 28.7. The molecule has 1 aromatic carbocycles. The number of pyridine rings is 1. The van der Waals surface area contributed by atoms with Gasteiger partial charge in [-0.05, 0) is 55.7 Å². The number of aromatic nitrogens is 2. The molecule has 0 spiro atoms. The van der Waals surface area contributed by atoms with Crippen LogP contribution in [0.3, 0.4) is 0 Å². The van der Waals surface area contributed by atoms with Crippen molar-refractivity contribution in [3.8, 4) is 0 Å². The summed E-state index contributed by atoms with van der Waals surface area (Å²) in [5.74, 6) is -0.381. The first-order valence-electron chi connectivity index (χ1n) is 8.56. The van der Waals surface area contributed by atoms with Gasteiger partial charge in [0.2, 0.25) is 5.91 Å². The lowest BCUT2D eigenvalue weighted by molar-refractivity contribution is -0.114. The van der Waals surface area contributed by atoms with Crippen LogP contribution in [-0.4, -0.2) is 21.2 Å². The average molecular weight is 350 g/mol. The van der Waals surface area contributed by atoms with E-state index in [0.717, 1.165) is 23.2 Å². The second-order valence-electron chi connectivity index (χ2n) is 6.34. The number of aryl methyl sites for hydroxylation is 3. The van der Waals surface area contributed by atoms with Crippen molar-refractivity contribution in [1.82, 2.24) is 9.38 Å². The summed E-state index contributed by atoms with van der Waals surface area (Å²) in [5, 5.41) is 5.72. The van der Waals surface area contributed by atoms with Crippen LogP contribution >= 0.6 is 0 Å². The molecule has 0 aliphatic carbocycles. The van der Waals surface area contributed by atoms with Gasteiger partial charge in [-0.2, -0.15) is 0 Å². The lowest BCUT2D eigenvalue weighted by atomic mass is 10.1. The largest absolute Gasteiger partial charge is 0.326 e. The van der Waals surface area contributed by atoms with Crippen LogP contribution in [0.4, 0.5) is 11.4 Å². The second-order valence-corrected chi connectivity index (χ2v) is 6.34. The first kappa shape index (κ1) is 17.7. The van der Waals surface area contributed by atoms with E-state index in [4.69, 9.17) is 0 Å². The molecule has 0 aliphatic heterocycles. The topological polar surface area (TPSA) is 75.5 Å². The van der Waals surface area contributed by atoms with E-state index in [1.165, 1.54) is 6.92 Å². The van der Waals surface area contributed by atoms with Crippen LogP contribution in [0.5, 0.6) is 0 Å². The summed E-state index contributed by atoms with van der Waals surface area (Å²) in [6, 6.07) is 9.41. The number of benzene rings is 1. The fourth-order valence-corrected chi connectivity index (χ4v) is 3.00. The van der Waals surface area contributed by atoms with Gasteiger partial charge in [-0.1, -0.05) is 13.0 Å². The first-order chi connectivity index (χ1) is 12.4. The summed E-state index contributed by atoms with van der Waals surface area (Å²) in [6.45, 7) is 7.29. The third-order valence-electron chi connectivity index (χ3n) is 4.23. The maximum absolute atomic E-state index is 12.9. The molecule has 0 radical (unpaired) electrons. The van der Waals surface area contributed by atoms with Gasteiger partial charge in [0.1, 0.15) is 11.3 Å². The number of hydrogen-bond acceptors (Lipinski definition) is 3. The molecule has 2 heterocycles. The highest BCUT2D eigenvalue weighted by Gasteiger charge is 2.18. The van der Waals surface area contributed by atoms with Crippen molar-refractivity contribution in [1.29, 1.82) is 0 Å². The van der Waals surface area contributed by atoms with Gasteiger partial charge in [0.25, 0.3) is 5.91 Å². The summed E-state index contributed by atoms with van der Waals surface area (Å²) < 4.78 is 1.79. The van der Waals surface area contributed by atoms with Crippen molar-refractivity contribution >= 4 is 28.8 Å². The fourth-order valence-electron chi connectivity index (χ4n) is 3.00. The summed E-state index contributed by atoms with van der Waals surface area (Å²) in [7, 11) is 0. The summed E-state index contributed by atoms with van der Waals surface area (Å²) in [6.07, 6.45) is 2.62. The van der Waals surface area contributed by atoms with Crippen molar-refractivity contribution in [2.75, 3.05) is 10.6 Å². The van der Waals surface area contributed by atoms with E-state index >= 15 is 0 Å². The molecule has 2 N–H and O–H groups in total. The van der Waals surface area contributed by atoms with Gasteiger partial charge in [-0.3, -0.25) is 14.0 Å². The highest BCUT2D eigenvalue weighted by molar-refractivity contribution is 6.05. The van der Waals surface area contributed by atoms with Crippen LogP contribution in [0.15, 0.2) is 36.5 Å². The van der Waals surface area contributed by atoms with E-state index in [2.05, 4.69) is 15.6 Å². The number of rotatable bonds is 4. The molecule has 3 rings (SSSR count). The maximum atomic E-state index is 12.9. The van der Waals surface area contributed by atoms with Gasteiger partial charge in [-0.15, -0.1) is 0 Å². The molecule has 0 bridgehead atoms. The molecule has 2 amide bonds. The Morgan fingerprint density at radius 1 is 1.12 bits per heavy atom. The highest BCUT2D eigenvalue weighted by Crippen LogP contribution is 2.23. The predicted octanol–water partition coefficient (Wildman–Crippen LogP) is 3.72. The molecule has 0 saturated heterocycles. The van der Waals surface area contributed by atoms with E-state index in [1.807, 2.05) is 51.2 Å². The first-order valence-corrected chi connectivity index (χ1v) is 8.56. The van der Waals surface area contributed by atoms with Crippen LogP contribution in [0.1, 0.15) is 41.2 Å². The van der Waals surface area contributed by atoms with Gasteiger partial charge in [0, 0.05) is 24.5 Å². The van der Waals surface area contributed by atoms with Crippen molar-refractivity contribution in [3.63, 3.8) is 0 Å². The van der Waals surface area contributed by atoms with E-state index in [9.17, 15) is 9.59 Å². The van der Waals surface area contributed by atoms with Crippen LogP contribution in [0, 0.1) is 13.8 Å². The molecule has 6 nitrogen and oxygen atoms in total. The Labute approximate surface area is 152 Å². The normalized spacial score (nSPS) is 10.8. The van der Waals surface area contributed by atoms with E-state index in [0.29, 0.717) is 22.8 Å². The number of fused-ring (bicyclic) bond motifs is 1. The van der Waals surface area contributed by atoms with Crippen molar-refractivity contribution in [2.45, 2.75) is 34.1 Å². The van der Waals surface area contributed by atoms with Crippen LogP contribution in [0.25, 0.3) is 5.65 Å². The van der Waals surface area contributed by atoms with Crippen LogP contribution in [-0.2, 0) is 11.2 Å². The van der Waals surface area contributed by atoms with E-state index in [1.54, 1.807) is 10.5 Å². The molecule has 0 saturated carbocycles. The van der Waals surface area contributed by atoms with Gasteiger partial charge < -0.3 is 10.6 Å². The zero-order valence-electron chi connectivity index (χ0n) is 15.4. The molecule has 0 aliphatic rings. The fraction of sp³-hybridized carbons (Fsp3) is 0.250. The average Bonchev–Trinajstić information content (AvgIpc) is 2.89. The van der Waals surface area contributed by atoms with E-state index < -0.39 is 0 Å². The standard InChI is InChI=1S/C20H22N4O2/c1-5-15-6-7-16(22-14(4)25)11-17(15)23-20(26)19-13(3)21-18-10-12(2)8-9-24(18)19/h6-11H,5H2,1-4H3,(H,22,25)(H,23,26). The zero-order valence-corrected chi connectivity index (χ0v) is 15.4. The number of anilines is 2. The molecule has 0 fully saturated rings. The Morgan fingerprint density at radius 2 is 1.88 bits per heavy atom. The quantitative estimate of drug-likeness (QED) is 0.753. The molecule has 26 heavy (non-hydrogen) atoms. The van der Waals surface area contributed by atoms with Crippen molar-refractivity contribution < 1.29 is 9.59 Å². The number of imidazole rings is 1. The monoisotopic (exact) mass is 350 g/mol. The molecule has 3 aromatic rings. The van der Waals surface area contributed by atoms with Crippen molar-refractivity contribution in [3.05, 3.63) is 59.0 Å². The minimum atomic E-state index is -0.228. The van der Waals surface area contributed by atoms with Gasteiger partial charge in [-0.25, -0.2) is 4.98 Å². The molecule has 2 aromatic heterocycles. The lowest BCUT2D eigenvalue weighted by Crippen LogP contribution is -2.17. The highest BCUT2D eigenvalue weighted by atomic mass is 16.2. The van der Waals surface area contributed by atoms with Gasteiger partial charge in [0.15, 0.2) is 0 Å². The van der Waals surface area contributed by atoms with E-state index in [-0.39, 0.29) is 11.8 Å². The molecule has 6 heteroatoms. The van der Waals surface area contributed by atoms with Gasteiger partial charge in [0.05, 0.1) is 5.69 Å². The second kappa shape index (κ2) is 7.00. The third-order valence-corrected chi connectivity index (χ3v) is 4.23. The lowest BCUT2D eigenvalue weighted by Gasteiger charge is -2.13. The Kier molecular flexibility index (Phi) is 4.75. The molecule has 0 atom stereocenters. The number of carbonyl (C=O) groups excluding carboxylic acids is 2. The minimum Gasteiger partial charge on any atom is -0.326 e. The number of hydrogen-bond donors (Lipinski definition) is 2. The maximum Gasteiger partial charge on any atom is 0.274 e. The molecule has 0 unspecified atom stereocenters. The molecular weight excluding hydrogens is 328 g/mol.